The minimum absolute atomic E-state index is 0.0247. The van der Waals surface area contributed by atoms with E-state index in [2.05, 4.69) is 10.3 Å². The van der Waals surface area contributed by atoms with Crippen molar-refractivity contribution in [3.63, 3.8) is 0 Å². The molecule has 1 aliphatic rings. The van der Waals surface area contributed by atoms with Gasteiger partial charge in [0.2, 0.25) is 11.7 Å². The Labute approximate surface area is 147 Å². The number of anilines is 1. The number of esters is 1. The van der Waals surface area contributed by atoms with Crippen molar-refractivity contribution in [1.29, 1.82) is 0 Å². The number of hydrogen-bond donors (Lipinski definition) is 2. The highest BCUT2D eigenvalue weighted by molar-refractivity contribution is 6.02. The van der Waals surface area contributed by atoms with Crippen LogP contribution in [0.5, 0.6) is 0 Å². The Hall–Kier alpha value is -3.29. The fraction of sp³-hybridized carbons (Fsp3) is 0.222. The van der Waals surface area contributed by atoms with Crippen LogP contribution in [0.15, 0.2) is 24.4 Å². The van der Waals surface area contributed by atoms with Gasteiger partial charge < -0.3 is 15.0 Å². The second-order valence-corrected chi connectivity index (χ2v) is 5.89. The van der Waals surface area contributed by atoms with Gasteiger partial charge in [-0.2, -0.15) is 0 Å². The van der Waals surface area contributed by atoms with Gasteiger partial charge >= 0.3 is 5.97 Å². The van der Waals surface area contributed by atoms with Gasteiger partial charge in [0.1, 0.15) is 11.5 Å². The van der Waals surface area contributed by atoms with Crippen LogP contribution in [0.3, 0.4) is 0 Å². The van der Waals surface area contributed by atoms with Crippen LogP contribution in [0.2, 0.25) is 0 Å². The van der Waals surface area contributed by atoms with Crippen molar-refractivity contribution in [3.05, 3.63) is 52.6 Å². The maximum absolute atomic E-state index is 14.1. The van der Waals surface area contributed by atoms with Gasteiger partial charge in [-0.05, 0) is 37.1 Å². The number of benzene rings is 1. The van der Waals surface area contributed by atoms with Crippen molar-refractivity contribution >= 4 is 29.1 Å². The van der Waals surface area contributed by atoms with Crippen molar-refractivity contribution in [2.45, 2.75) is 19.8 Å². The molecule has 2 heterocycles. The van der Waals surface area contributed by atoms with Gasteiger partial charge in [0.05, 0.1) is 5.56 Å². The Morgan fingerprint density at radius 3 is 2.65 bits per heavy atom. The number of hydrogen-bond acceptors (Lipinski definition) is 5. The maximum Gasteiger partial charge on any atom is 0.355 e. The molecule has 0 saturated heterocycles. The highest BCUT2D eigenvalue weighted by Gasteiger charge is 2.22. The Morgan fingerprint density at radius 2 is 1.96 bits per heavy atom. The largest absolute Gasteiger partial charge is 0.453 e. The van der Waals surface area contributed by atoms with Crippen molar-refractivity contribution in [2.24, 2.45) is 0 Å². The van der Waals surface area contributed by atoms with Crippen LogP contribution in [0.4, 0.5) is 10.1 Å². The molecule has 2 aromatic rings. The highest BCUT2D eigenvalue weighted by atomic mass is 19.1. The summed E-state index contributed by atoms with van der Waals surface area (Å²) in [6, 6.07) is 3.77. The van der Waals surface area contributed by atoms with Crippen molar-refractivity contribution < 1.29 is 28.3 Å². The minimum atomic E-state index is -0.823. The number of carbonyl (C=O) groups excluding carboxylic acids is 4. The molecule has 1 aromatic carbocycles. The number of H-pyrrole nitrogens is 1. The number of nitrogens with one attached hydrogen (secondary N) is 2. The predicted octanol–water partition coefficient (Wildman–Crippen LogP) is 2.28. The summed E-state index contributed by atoms with van der Waals surface area (Å²) in [7, 11) is 0. The number of aryl methyl sites for hydroxylation is 1. The third-order valence-corrected chi connectivity index (χ3v) is 4.03. The molecule has 0 radical (unpaired) electrons. The van der Waals surface area contributed by atoms with Crippen molar-refractivity contribution in [3.8, 4) is 0 Å². The summed E-state index contributed by atoms with van der Waals surface area (Å²) in [5.41, 5.74) is 1.12. The van der Waals surface area contributed by atoms with Gasteiger partial charge in [-0.15, -0.1) is 0 Å². The second-order valence-electron chi connectivity index (χ2n) is 5.89. The van der Waals surface area contributed by atoms with Crippen LogP contribution in [-0.4, -0.2) is 35.0 Å². The normalized spacial score (nSPS) is 12.9. The number of aromatic amines is 1. The lowest BCUT2D eigenvalue weighted by Crippen LogP contribution is -2.21. The van der Waals surface area contributed by atoms with Gasteiger partial charge in [-0.25, -0.2) is 9.18 Å². The van der Waals surface area contributed by atoms with E-state index >= 15 is 0 Å². The zero-order valence-corrected chi connectivity index (χ0v) is 13.8. The quantitative estimate of drug-likeness (QED) is 0.630. The van der Waals surface area contributed by atoms with Crippen LogP contribution in [0.1, 0.15) is 50.1 Å². The first-order valence-electron chi connectivity index (χ1n) is 7.87. The van der Waals surface area contributed by atoms with E-state index in [1.807, 2.05) is 0 Å². The van der Waals surface area contributed by atoms with Crippen LogP contribution in [0.25, 0.3) is 0 Å². The van der Waals surface area contributed by atoms with Crippen LogP contribution >= 0.6 is 0 Å². The average Bonchev–Trinajstić information content (AvgIpc) is 3.09. The second kappa shape index (κ2) is 6.91. The average molecular weight is 358 g/mol. The SMILES string of the molecule is CC(=O)c1c[nH]c(C(=O)OCC(=O)c2cc3c(cc2F)NC(=O)CC3)c1. The molecule has 0 spiro atoms. The van der Waals surface area contributed by atoms with Gasteiger partial charge in [0.15, 0.2) is 12.4 Å². The summed E-state index contributed by atoms with van der Waals surface area (Å²) in [6.07, 6.45) is 2.02. The third kappa shape index (κ3) is 3.53. The van der Waals surface area contributed by atoms with E-state index in [4.69, 9.17) is 4.74 Å². The van der Waals surface area contributed by atoms with Gasteiger partial charge in [-0.3, -0.25) is 14.4 Å². The molecule has 1 amide bonds. The van der Waals surface area contributed by atoms with Crippen LogP contribution < -0.4 is 5.32 Å². The smallest absolute Gasteiger partial charge is 0.355 e. The molecule has 7 nitrogen and oxygen atoms in total. The number of halogens is 1. The first kappa shape index (κ1) is 17.5. The van der Waals surface area contributed by atoms with E-state index in [1.54, 1.807) is 0 Å². The molecule has 134 valence electrons. The molecular formula is C18H15FN2O5. The molecule has 0 unspecified atom stereocenters. The number of Topliss-reactive ketones (excluding diaryl/α,β-unsaturated/α-hetero) is 2. The lowest BCUT2D eigenvalue weighted by Gasteiger charge is -2.17. The van der Waals surface area contributed by atoms with Crippen LogP contribution in [-0.2, 0) is 16.0 Å². The standard InChI is InChI=1S/C18H15FN2O5/c1-9(22)11-5-15(20-7-11)18(25)26-8-16(23)12-4-10-2-3-17(24)21-14(10)6-13(12)19/h4-7,20H,2-3,8H2,1H3,(H,21,24). The highest BCUT2D eigenvalue weighted by Crippen LogP contribution is 2.26. The first-order valence-corrected chi connectivity index (χ1v) is 7.87. The number of ketones is 2. The van der Waals surface area contributed by atoms with Gasteiger partial charge in [0, 0.05) is 23.9 Å². The summed E-state index contributed by atoms with van der Waals surface area (Å²) in [5.74, 6) is -2.75. The van der Waals surface area contributed by atoms with E-state index < -0.39 is 24.2 Å². The molecule has 0 fully saturated rings. The predicted molar refractivity (Wildman–Crippen MR) is 88.8 cm³/mol. The van der Waals surface area contributed by atoms with Gasteiger partial charge in [-0.1, -0.05) is 0 Å². The molecule has 0 aliphatic carbocycles. The van der Waals surface area contributed by atoms with Crippen LogP contribution in [0, 0.1) is 5.82 Å². The topological polar surface area (TPSA) is 105 Å². The Balaban J connectivity index is 1.69. The molecule has 1 aliphatic heterocycles. The number of ether oxygens (including phenoxy) is 1. The van der Waals surface area contributed by atoms with E-state index in [-0.39, 0.29) is 29.4 Å². The monoisotopic (exact) mass is 358 g/mol. The molecule has 2 N–H and O–H groups in total. The molecule has 0 bridgehead atoms. The Bertz CT molecular complexity index is 932. The molecular weight excluding hydrogens is 343 g/mol. The number of carbonyl (C=O) groups is 4. The fourth-order valence-electron chi connectivity index (χ4n) is 2.62. The van der Waals surface area contributed by atoms with E-state index in [1.165, 1.54) is 25.3 Å². The molecule has 8 heteroatoms. The maximum atomic E-state index is 14.1. The number of rotatable bonds is 5. The van der Waals surface area contributed by atoms with Gasteiger partial charge in [0.25, 0.3) is 0 Å². The van der Waals surface area contributed by atoms with Crippen molar-refractivity contribution in [2.75, 3.05) is 11.9 Å². The number of aromatic nitrogens is 1. The number of fused-ring (bicyclic) bond motifs is 1. The third-order valence-electron chi connectivity index (χ3n) is 4.03. The lowest BCUT2D eigenvalue weighted by atomic mass is 9.98. The van der Waals surface area contributed by atoms with E-state index in [0.29, 0.717) is 23.2 Å². The fourth-order valence-corrected chi connectivity index (χ4v) is 2.62. The molecule has 0 saturated carbocycles. The summed E-state index contributed by atoms with van der Waals surface area (Å²) in [6.45, 7) is 0.707. The van der Waals surface area contributed by atoms with E-state index in [0.717, 1.165) is 6.07 Å². The minimum Gasteiger partial charge on any atom is -0.453 e. The summed E-state index contributed by atoms with van der Waals surface area (Å²) in [4.78, 5) is 49.2. The zero-order valence-electron chi connectivity index (χ0n) is 13.8. The molecule has 26 heavy (non-hydrogen) atoms. The lowest BCUT2D eigenvalue weighted by molar-refractivity contribution is -0.116. The summed E-state index contributed by atoms with van der Waals surface area (Å²) >= 11 is 0. The summed E-state index contributed by atoms with van der Waals surface area (Å²) < 4.78 is 19.0. The Kier molecular flexibility index (Phi) is 4.66. The summed E-state index contributed by atoms with van der Waals surface area (Å²) in [5, 5.41) is 2.54. The zero-order chi connectivity index (χ0) is 18.8. The molecule has 0 atom stereocenters. The molecule has 3 rings (SSSR count). The number of amides is 1. The van der Waals surface area contributed by atoms with E-state index in [9.17, 15) is 23.6 Å². The molecule has 1 aromatic heterocycles. The Morgan fingerprint density at radius 1 is 1.19 bits per heavy atom. The van der Waals surface area contributed by atoms with Crippen molar-refractivity contribution in [1.82, 2.24) is 4.98 Å². The first-order chi connectivity index (χ1) is 12.3.